The molecule has 5 nitrogen and oxygen atoms in total. The Kier molecular flexibility index (Phi) is 5.45. The van der Waals surface area contributed by atoms with Crippen molar-refractivity contribution in [3.05, 3.63) is 107 Å². The van der Waals surface area contributed by atoms with E-state index in [1.54, 1.807) is 29.2 Å². The van der Waals surface area contributed by atoms with Gasteiger partial charge in [0, 0.05) is 28.0 Å². The maximum atomic E-state index is 12.9. The Morgan fingerprint density at radius 3 is 1.96 bits per heavy atom. The highest BCUT2D eigenvalue weighted by Gasteiger charge is 2.15. The Balaban J connectivity index is 1.96. The molecule has 3 aromatic carbocycles. The van der Waals surface area contributed by atoms with Crippen molar-refractivity contribution in [3.63, 3.8) is 0 Å². The normalized spacial score (nSPS) is 10.3. The average Bonchev–Trinajstić information content (AvgIpc) is 2.69. The van der Waals surface area contributed by atoms with Crippen molar-refractivity contribution in [2.75, 3.05) is 4.90 Å². The minimum Gasteiger partial charge on any atom is -0.278 e. The van der Waals surface area contributed by atoms with Gasteiger partial charge in [-0.3, -0.25) is 9.69 Å². The van der Waals surface area contributed by atoms with Gasteiger partial charge in [-0.25, -0.2) is 0 Å². The van der Waals surface area contributed by atoms with Gasteiger partial charge in [0.25, 0.3) is 5.91 Å². The van der Waals surface area contributed by atoms with Crippen molar-refractivity contribution in [2.24, 2.45) is 5.11 Å². The monoisotopic (exact) mass is 340 g/mol. The molecule has 0 N–H and O–H groups in total. The van der Waals surface area contributed by atoms with Gasteiger partial charge in [-0.15, -0.1) is 0 Å². The number of para-hydroxylation sites is 2. The van der Waals surface area contributed by atoms with Crippen molar-refractivity contribution in [2.45, 2.75) is 0 Å². The maximum absolute atomic E-state index is 12.9. The van der Waals surface area contributed by atoms with E-state index in [0.717, 1.165) is 11.4 Å². The number of carbonyl (C=O) groups excluding carboxylic acids is 1. The van der Waals surface area contributed by atoms with Crippen LogP contribution in [0, 0.1) is 0 Å². The zero-order valence-corrected chi connectivity index (χ0v) is 13.9. The third kappa shape index (κ3) is 3.98. The molecule has 1 amide bonds. The van der Waals surface area contributed by atoms with Gasteiger partial charge in [0.2, 0.25) is 0 Å². The standard InChI is InChI=1S/C21H16N4O/c22-24-23-20-14-8-7-9-17(20)15-16-21(26)25(18-10-3-1-4-11-18)19-12-5-2-6-13-19/h1-16H/b16-15+. The van der Waals surface area contributed by atoms with Gasteiger partial charge in [0.1, 0.15) is 0 Å². The van der Waals surface area contributed by atoms with Crippen LogP contribution in [0.4, 0.5) is 17.1 Å². The molecule has 3 rings (SSSR count). The van der Waals surface area contributed by atoms with E-state index < -0.39 is 0 Å². The van der Waals surface area contributed by atoms with Crippen LogP contribution >= 0.6 is 0 Å². The first-order valence-electron chi connectivity index (χ1n) is 8.06. The number of rotatable bonds is 5. The molecule has 0 radical (unpaired) electrons. The molecule has 0 aliphatic heterocycles. The predicted octanol–water partition coefficient (Wildman–Crippen LogP) is 6.01. The lowest BCUT2D eigenvalue weighted by molar-refractivity contribution is -0.113. The van der Waals surface area contributed by atoms with E-state index in [1.807, 2.05) is 66.7 Å². The number of azide groups is 1. The molecular weight excluding hydrogens is 324 g/mol. The number of carbonyl (C=O) groups is 1. The zero-order chi connectivity index (χ0) is 18.2. The van der Waals surface area contributed by atoms with Crippen LogP contribution < -0.4 is 4.90 Å². The van der Waals surface area contributed by atoms with Gasteiger partial charge in [0.05, 0.1) is 0 Å². The minimum atomic E-state index is -0.196. The third-order valence-corrected chi connectivity index (χ3v) is 3.74. The van der Waals surface area contributed by atoms with Crippen molar-refractivity contribution in [3.8, 4) is 0 Å². The molecule has 5 heteroatoms. The molecule has 0 bridgehead atoms. The van der Waals surface area contributed by atoms with E-state index in [9.17, 15) is 4.79 Å². The second kappa shape index (κ2) is 8.33. The molecule has 0 fully saturated rings. The first-order valence-corrected chi connectivity index (χ1v) is 8.06. The first kappa shape index (κ1) is 17.0. The number of anilines is 2. The summed E-state index contributed by atoms with van der Waals surface area (Å²) in [4.78, 5) is 17.4. The van der Waals surface area contributed by atoms with Crippen LogP contribution in [-0.2, 0) is 4.79 Å². The van der Waals surface area contributed by atoms with Gasteiger partial charge in [0.15, 0.2) is 0 Å². The molecule has 0 aliphatic carbocycles. The number of amides is 1. The minimum absolute atomic E-state index is 0.196. The topological polar surface area (TPSA) is 69.1 Å². The van der Waals surface area contributed by atoms with E-state index >= 15 is 0 Å². The molecule has 0 saturated heterocycles. The molecule has 0 heterocycles. The fourth-order valence-corrected chi connectivity index (χ4v) is 2.56. The van der Waals surface area contributed by atoms with E-state index in [0.29, 0.717) is 11.3 Å². The zero-order valence-electron chi connectivity index (χ0n) is 13.9. The van der Waals surface area contributed by atoms with Crippen molar-refractivity contribution < 1.29 is 4.79 Å². The summed E-state index contributed by atoms with van der Waals surface area (Å²) < 4.78 is 0. The molecule has 0 aromatic heterocycles. The summed E-state index contributed by atoms with van der Waals surface area (Å²) >= 11 is 0. The van der Waals surface area contributed by atoms with Gasteiger partial charge in [-0.2, -0.15) is 0 Å². The summed E-state index contributed by atoms with van der Waals surface area (Å²) in [6.07, 6.45) is 3.14. The number of benzene rings is 3. The predicted molar refractivity (Wildman–Crippen MR) is 104 cm³/mol. The van der Waals surface area contributed by atoms with Crippen LogP contribution in [0.25, 0.3) is 16.5 Å². The average molecular weight is 340 g/mol. The molecule has 0 aliphatic rings. The van der Waals surface area contributed by atoms with Crippen LogP contribution in [0.2, 0.25) is 0 Å². The molecule has 0 unspecified atom stereocenters. The number of hydrogen-bond acceptors (Lipinski definition) is 2. The number of nitrogens with zero attached hydrogens (tertiary/aromatic N) is 4. The molecule has 0 saturated carbocycles. The molecule has 0 atom stereocenters. The maximum Gasteiger partial charge on any atom is 0.255 e. The summed E-state index contributed by atoms with van der Waals surface area (Å²) in [5.41, 5.74) is 11.4. The van der Waals surface area contributed by atoms with Crippen LogP contribution in [0.5, 0.6) is 0 Å². The van der Waals surface area contributed by atoms with E-state index in [2.05, 4.69) is 10.0 Å². The SMILES string of the molecule is [N-]=[N+]=Nc1ccccc1/C=C/C(=O)N(c1ccccc1)c1ccccc1. The third-order valence-electron chi connectivity index (χ3n) is 3.74. The molecule has 126 valence electrons. The summed E-state index contributed by atoms with van der Waals surface area (Å²) in [6.45, 7) is 0. The van der Waals surface area contributed by atoms with Gasteiger partial charge >= 0.3 is 0 Å². The van der Waals surface area contributed by atoms with Gasteiger partial charge < -0.3 is 0 Å². The smallest absolute Gasteiger partial charge is 0.255 e. The molecule has 26 heavy (non-hydrogen) atoms. The van der Waals surface area contributed by atoms with Crippen LogP contribution in [0.15, 0.2) is 96.1 Å². The highest BCUT2D eigenvalue weighted by atomic mass is 16.2. The van der Waals surface area contributed by atoms with Crippen molar-refractivity contribution in [1.29, 1.82) is 0 Å². The van der Waals surface area contributed by atoms with Crippen molar-refractivity contribution in [1.82, 2.24) is 0 Å². The van der Waals surface area contributed by atoms with Gasteiger partial charge in [-0.1, -0.05) is 65.8 Å². The Morgan fingerprint density at radius 2 is 1.38 bits per heavy atom. The highest BCUT2D eigenvalue weighted by molar-refractivity contribution is 6.09. The molecular formula is C21H16N4O. The lowest BCUT2D eigenvalue weighted by Gasteiger charge is -2.21. The van der Waals surface area contributed by atoms with Crippen molar-refractivity contribution >= 4 is 29.0 Å². The quantitative estimate of drug-likeness (QED) is 0.243. The summed E-state index contributed by atoms with van der Waals surface area (Å²) in [6, 6.07) is 26.0. The fourth-order valence-electron chi connectivity index (χ4n) is 2.56. The Labute approximate surface area is 151 Å². The van der Waals surface area contributed by atoms with Gasteiger partial charge in [-0.05, 0) is 41.4 Å². The van der Waals surface area contributed by atoms with E-state index in [1.165, 1.54) is 6.08 Å². The second-order valence-electron chi connectivity index (χ2n) is 5.43. The lowest BCUT2D eigenvalue weighted by Crippen LogP contribution is -2.23. The molecule has 0 spiro atoms. The second-order valence-corrected chi connectivity index (χ2v) is 5.43. The largest absolute Gasteiger partial charge is 0.278 e. The van der Waals surface area contributed by atoms with Crippen LogP contribution in [-0.4, -0.2) is 5.91 Å². The van der Waals surface area contributed by atoms with Crippen LogP contribution in [0.1, 0.15) is 5.56 Å². The van der Waals surface area contributed by atoms with Crippen LogP contribution in [0.3, 0.4) is 0 Å². The Hall–Kier alpha value is -3.82. The highest BCUT2D eigenvalue weighted by Crippen LogP contribution is 2.26. The summed E-state index contributed by atoms with van der Waals surface area (Å²) in [7, 11) is 0. The Morgan fingerprint density at radius 1 is 0.846 bits per heavy atom. The fraction of sp³-hybridized carbons (Fsp3) is 0. The van der Waals surface area contributed by atoms with E-state index in [4.69, 9.17) is 5.53 Å². The number of hydrogen-bond donors (Lipinski definition) is 0. The lowest BCUT2D eigenvalue weighted by atomic mass is 10.1. The Bertz CT molecular complexity index is 922. The summed E-state index contributed by atoms with van der Waals surface area (Å²) in [5, 5.41) is 3.65. The molecule has 3 aromatic rings. The first-order chi connectivity index (χ1) is 12.8. The summed E-state index contributed by atoms with van der Waals surface area (Å²) in [5.74, 6) is -0.196. The van der Waals surface area contributed by atoms with E-state index in [-0.39, 0.29) is 5.91 Å².